The summed E-state index contributed by atoms with van der Waals surface area (Å²) in [7, 11) is 0. The second-order valence-electron chi connectivity index (χ2n) is 4.73. The number of nitrogens with zero attached hydrogens (tertiary/aromatic N) is 1. The van der Waals surface area contributed by atoms with Crippen molar-refractivity contribution in [2.45, 2.75) is 25.7 Å². The average molecular weight is 254 g/mol. The number of nitrogens with two attached hydrogens (primary N) is 1. The van der Waals surface area contributed by atoms with Gasteiger partial charge in [-0.25, -0.2) is 0 Å². The van der Waals surface area contributed by atoms with Crippen molar-refractivity contribution in [2.75, 3.05) is 0 Å². The van der Waals surface area contributed by atoms with E-state index >= 15 is 0 Å². The molecule has 0 saturated carbocycles. The highest BCUT2D eigenvalue weighted by Gasteiger charge is 2.14. The Kier molecular flexibility index (Phi) is 4.29. The summed E-state index contributed by atoms with van der Waals surface area (Å²) in [4.78, 5) is 15.4. The molecule has 1 unspecified atom stereocenters. The van der Waals surface area contributed by atoms with Crippen molar-refractivity contribution >= 4 is 5.91 Å². The lowest BCUT2D eigenvalue weighted by molar-refractivity contribution is 0.0994. The molecule has 0 spiro atoms. The molecule has 0 aliphatic rings. The first-order valence-electron chi connectivity index (χ1n) is 6.47. The average Bonchev–Trinajstić information content (AvgIpc) is 2.46. The first kappa shape index (κ1) is 13.3. The lowest BCUT2D eigenvalue weighted by atomic mass is 9.93. The molecule has 0 aliphatic carbocycles. The second kappa shape index (κ2) is 6.14. The van der Waals surface area contributed by atoms with Gasteiger partial charge in [-0.3, -0.25) is 9.78 Å². The maximum Gasteiger partial charge on any atom is 0.267 e. The summed E-state index contributed by atoms with van der Waals surface area (Å²) >= 11 is 0. The number of aryl methyl sites for hydroxylation is 1. The Balaban J connectivity index is 2.08. The zero-order chi connectivity index (χ0) is 13.7. The van der Waals surface area contributed by atoms with Crippen molar-refractivity contribution in [1.82, 2.24) is 4.98 Å². The molecule has 98 valence electrons. The van der Waals surface area contributed by atoms with E-state index in [-0.39, 0.29) is 5.92 Å². The molecule has 0 saturated heterocycles. The highest BCUT2D eigenvalue weighted by Crippen LogP contribution is 2.23. The Bertz CT molecular complexity index is 552. The fraction of sp³-hybridized carbons (Fsp3) is 0.250. The third kappa shape index (κ3) is 3.41. The summed E-state index contributed by atoms with van der Waals surface area (Å²) in [6.45, 7) is 2.10. The monoisotopic (exact) mass is 254 g/mol. The highest BCUT2D eigenvalue weighted by molar-refractivity contribution is 5.92. The van der Waals surface area contributed by atoms with Gasteiger partial charge in [0, 0.05) is 6.20 Å². The summed E-state index contributed by atoms with van der Waals surface area (Å²) in [6, 6.07) is 14.1. The van der Waals surface area contributed by atoms with E-state index in [9.17, 15) is 4.79 Å². The van der Waals surface area contributed by atoms with Crippen LogP contribution in [0, 0.1) is 0 Å². The van der Waals surface area contributed by atoms with Crippen molar-refractivity contribution in [2.24, 2.45) is 5.73 Å². The van der Waals surface area contributed by atoms with Crippen LogP contribution in [0.15, 0.2) is 48.7 Å². The number of hydrogen-bond acceptors (Lipinski definition) is 2. The van der Waals surface area contributed by atoms with Crippen LogP contribution in [0.2, 0.25) is 0 Å². The van der Waals surface area contributed by atoms with E-state index in [0.717, 1.165) is 18.4 Å². The Hall–Kier alpha value is -2.16. The third-order valence-electron chi connectivity index (χ3n) is 3.31. The maximum atomic E-state index is 11.4. The largest absolute Gasteiger partial charge is 0.364 e. The molecule has 0 fully saturated rings. The fourth-order valence-corrected chi connectivity index (χ4v) is 2.20. The first-order chi connectivity index (χ1) is 9.18. The number of pyridine rings is 1. The molecule has 1 atom stereocenters. The zero-order valence-electron chi connectivity index (χ0n) is 11.0. The van der Waals surface area contributed by atoms with Crippen LogP contribution in [0.1, 0.15) is 40.9 Å². The molecule has 0 aliphatic heterocycles. The maximum absolute atomic E-state index is 11.4. The molecule has 1 aromatic heterocycles. The molecule has 0 radical (unpaired) electrons. The summed E-state index contributed by atoms with van der Waals surface area (Å²) in [5.74, 6) is -0.196. The lowest BCUT2D eigenvalue weighted by Crippen LogP contribution is -2.17. The van der Waals surface area contributed by atoms with Crippen LogP contribution in [0.5, 0.6) is 0 Å². The van der Waals surface area contributed by atoms with Crippen molar-refractivity contribution in [3.8, 4) is 0 Å². The van der Waals surface area contributed by atoms with E-state index < -0.39 is 5.91 Å². The van der Waals surface area contributed by atoms with Gasteiger partial charge in [-0.1, -0.05) is 43.3 Å². The Labute approximate surface area is 113 Å². The Morgan fingerprint density at radius 2 is 1.95 bits per heavy atom. The van der Waals surface area contributed by atoms with Gasteiger partial charge < -0.3 is 5.73 Å². The second-order valence-corrected chi connectivity index (χ2v) is 4.73. The van der Waals surface area contributed by atoms with E-state index in [0.29, 0.717) is 5.69 Å². The number of benzene rings is 1. The van der Waals surface area contributed by atoms with Crippen LogP contribution in [-0.4, -0.2) is 10.9 Å². The van der Waals surface area contributed by atoms with Gasteiger partial charge in [0.15, 0.2) is 0 Å². The summed E-state index contributed by atoms with van der Waals surface area (Å²) < 4.78 is 0. The van der Waals surface area contributed by atoms with E-state index in [4.69, 9.17) is 5.73 Å². The van der Waals surface area contributed by atoms with Crippen LogP contribution < -0.4 is 5.73 Å². The lowest BCUT2D eigenvalue weighted by Gasteiger charge is -2.14. The van der Waals surface area contributed by atoms with Gasteiger partial charge in [-0.15, -0.1) is 0 Å². The van der Waals surface area contributed by atoms with E-state index in [2.05, 4.69) is 24.0 Å². The number of carbonyl (C=O) groups excluding carboxylic acids is 1. The fourth-order valence-electron chi connectivity index (χ4n) is 2.20. The van der Waals surface area contributed by atoms with Gasteiger partial charge in [0.05, 0.1) is 0 Å². The minimum Gasteiger partial charge on any atom is -0.364 e. The smallest absolute Gasteiger partial charge is 0.267 e. The van der Waals surface area contributed by atoms with Crippen LogP contribution in [0.3, 0.4) is 0 Å². The molecule has 2 N–H and O–H groups in total. The zero-order valence-corrected chi connectivity index (χ0v) is 11.0. The number of rotatable bonds is 5. The molecule has 1 heterocycles. The summed E-state index contributed by atoms with van der Waals surface area (Å²) in [5.41, 5.74) is 7.99. The third-order valence-corrected chi connectivity index (χ3v) is 3.31. The molecule has 0 bridgehead atoms. The minimum absolute atomic E-state index is 0.261. The van der Waals surface area contributed by atoms with Gasteiger partial charge >= 0.3 is 0 Å². The number of hydrogen-bond donors (Lipinski definition) is 1. The van der Waals surface area contributed by atoms with Crippen LogP contribution >= 0.6 is 0 Å². The molecule has 19 heavy (non-hydrogen) atoms. The topological polar surface area (TPSA) is 56.0 Å². The number of aromatic nitrogens is 1. The van der Waals surface area contributed by atoms with Crippen LogP contribution in [0.4, 0.5) is 0 Å². The summed E-state index contributed by atoms with van der Waals surface area (Å²) in [5, 5.41) is 0. The van der Waals surface area contributed by atoms with E-state index in [1.165, 1.54) is 5.56 Å². The van der Waals surface area contributed by atoms with Gasteiger partial charge in [-0.05, 0) is 36.0 Å². The molecule has 1 amide bonds. The molecule has 2 rings (SSSR count). The SMILES string of the molecule is CC(CCc1ccccc1)c1cccnc1C(N)=O. The van der Waals surface area contributed by atoms with E-state index in [1.807, 2.05) is 30.3 Å². The number of amides is 1. The molecule has 2 aromatic rings. The first-order valence-corrected chi connectivity index (χ1v) is 6.47. The van der Waals surface area contributed by atoms with Crippen molar-refractivity contribution in [3.05, 3.63) is 65.5 Å². The van der Waals surface area contributed by atoms with Gasteiger partial charge in [-0.2, -0.15) is 0 Å². The minimum atomic E-state index is -0.456. The highest BCUT2D eigenvalue weighted by atomic mass is 16.1. The van der Waals surface area contributed by atoms with Crippen molar-refractivity contribution in [3.63, 3.8) is 0 Å². The Morgan fingerprint density at radius 3 is 2.63 bits per heavy atom. The quantitative estimate of drug-likeness (QED) is 0.892. The predicted octanol–water partition coefficient (Wildman–Crippen LogP) is 2.92. The molecule has 3 nitrogen and oxygen atoms in total. The predicted molar refractivity (Wildman–Crippen MR) is 75.9 cm³/mol. The van der Waals surface area contributed by atoms with E-state index in [1.54, 1.807) is 6.20 Å². The van der Waals surface area contributed by atoms with Crippen molar-refractivity contribution < 1.29 is 4.79 Å². The van der Waals surface area contributed by atoms with Crippen molar-refractivity contribution in [1.29, 1.82) is 0 Å². The molecular weight excluding hydrogens is 236 g/mol. The number of primary amides is 1. The Morgan fingerprint density at radius 1 is 1.21 bits per heavy atom. The standard InChI is InChI=1S/C16H18N2O/c1-12(9-10-13-6-3-2-4-7-13)14-8-5-11-18-15(14)16(17)19/h2-8,11-12H,9-10H2,1H3,(H2,17,19). The summed E-state index contributed by atoms with van der Waals surface area (Å²) in [6.07, 6.45) is 3.55. The number of carbonyl (C=O) groups is 1. The van der Waals surface area contributed by atoms with Gasteiger partial charge in [0.2, 0.25) is 0 Å². The molecule has 1 aromatic carbocycles. The molecule has 3 heteroatoms. The van der Waals surface area contributed by atoms with Crippen LogP contribution in [-0.2, 0) is 6.42 Å². The van der Waals surface area contributed by atoms with Gasteiger partial charge in [0.1, 0.15) is 5.69 Å². The molecular formula is C16H18N2O. The van der Waals surface area contributed by atoms with Crippen LogP contribution in [0.25, 0.3) is 0 Å². The van der Waals surface area contributed by atoms with Gasteiger partial charge in [0.25, 0.3) is 5.91 Å². The normalized spacial score (nSPS) is 12.1.